The fourth-order valence-electron chi connectivity index (χ4n) is 1.79. The van der Waals surface area contributed by atoms with E-state index in [1.165, 1.54) is 0 Å². The number of halogens is 2. The minimum Gasteiger partial charge on any atom is -0.308 e. The van der Waals surface area contributed by atoms with E-state index < -0.39 is 0 Å². The minimum absolute atomic E-state index is 0.0582. The zero-order valence-corrected chi connectivity index (χ0v) is 12.0. The van der Waals surface area contributed by atoms with Crippen molar-refractivity contribution >= 4 is 27.5 Å². The molecule has 0 radical (unpaired) electrons. The molecule has 1 N–H and O–H groups in total. The van der Waals surface area contributed by atoms with E-state index in [9.17, 15) is 0 Å². The summed E-state index contributed by atoms with van der Waals surface area (Å²) in [5.74, 6) is 0. The van der Waals surface area contributed by atoms with Crippen LogP contribution in [0.3, 0.4) is 0 Å². The van der Waals surface area contributed by atoms with E-state index in [1.54, 1.807) is 4.68 Å². The third-order valence-electron chi connectivity index (χ3n) is 2.59. The summed E-state index contributed by atoms with van der Waals surface area (Å²) in [7, 11) is 3.83. The lowest BCUT2D eigenvalue weighted by atomic mass is 10.0. The molecule has 0 aliphatic carbocycles. The van der Waals surface area contributed by atoms with Gasteiger partial charge in [-0.1, -0.05) is 33.6 Å². The van der Waals surface area contributed by atoms with Gasteiger partial charge in [0.25, 0.3) is 0 Å². The van der Waals surface area contributed by atoms with Crippen LogP contribution in [0.1, 0.15) is 17.3 Å². The highest BCUT2D eigenvalue weighted by atomic mass is 79.9. The summed E-state index contributed by atoms with van der Waals surface area (Å²) in [6.07, 6.45) is 1.93. The maximum atomic E-state index is 5.94. The molecule has 90 valence electrons. The van der Waals surface area contributed by atoms with Crippen molar-refractivity contribution in [2.24, 2.45) is 7.05 Å². The van der Waals surface area contributed by atoms with Crippen molar-refractivity contribution < 1.29 is 0 Å². The highest BCUT2D eigenvalue weighted by Gasteiger charge is 2.17. The van der Waals surface area contributed by atoms with Crippen LogP contribution in [0.5, 0.6) is 0 Å². The van der Waals surface area contributed by atoms with Crippen LogP contribution in [0.2, 0.25) is 5.02 Å². The lowest BCUT2D eigenvalue weighted by molar-refractivity contribution is 0.640. The lowest BCUT2D eigenvalue weighted by Gasteiger charge is -2.16. The molecule has 1 atom stereocenters. The van der Waals surface area contributed by atoms with E-state index in [0.29, 0.717) is 0 Å². The van der Waals surface area contributed by atoms with Crippen molar-refractivity contribution in [3.05, 3.63) is 51.2 Å². The zero-order valence-electron chi connectivity index (χ0n) is 9.61. The lowest BCUT2D eigenvalue weighted by Crippen LogP contribution is -2.18. The molecule has 0 saturated carbocycles. The summed E-state index contributed by atoms with van der Waals surface area (Å²) in [6, 6.07) is 7.84. The summed E-state index contributed by atoms with van der Waals surface area (Å²) in [4.78, 5) is 0. The average Bonchev–Trinajstić information content (AvgIpc) is 2.69. The summed E-state index contributed by atoms with van der Waals surface area (Å²) < 4.78 is 2.78. The van der Waals surface area contributed by atoms with Gasteiger partial charge in [0.1, 0.15) is 0 Å². The topological polar surface area (TPSA) is 29.9 Å². The van der Waals surface area contributed by atoms with Crippen molar-refractivity contribution in [1.29, 1.82) is 0 Å². The third-order valence-corrected chi connectivity index (χ3v) is 3.51. The van der Waals surface area contributed by atoms with E-state index in [4.69, 9.17) is 11.6 Å². The Morgan fingerprint density at radius 3 is 2.71 bits per heavy atom. The van der Waals surface area contributed by atoms with Gasteiger partial charge in [-0.05, 0) is 30.8 Å². The first-order valence-corrected chi connectivity index (χ1v) is 6.40. The van der Waals surface area contributed by atoms with Gasteiger partial charge < -0.3 is 5.32 Å². The Bertz CT molecular complexity index is 524. The Morgan fingerprint density at radius 1 is 1.41 bits per heavy atom. The Labute approximate surface area is 114 Å². The zero-order chi connectivity index (χ0) is 12.4. The number of hydrogen-bond acceptors (Lipinski definition) is 2. The van der Waals surface area contributed by atoms with E-state index in [2.05, 4.69) is 26.3 Å². The van der Waals surface area contributed by atoms with Gasteiger partial charge in [-0.3, -0.25) is 4.68 Å². The van der Waals surface area contributed by atoms with Crippen LogP contribution in [0.25, 0.3) is 0 Å². The van der Waals surface area contributed by atoms with Gasteiger partial charge in [0.05, 0.1) is 11.7 Å². The summed E-state index contributed by atoms with van der Waals surface area (Å²) in [5, 5.41) is 8.40. The predicted molar refractivity (Wildman–Crippen MR) is 73.3 cm³/mol. The molecule has 0 amide bonds. The molecule has 1 heterocycles. The fourth-order valence-corrected chi connectivity index (χ4v) is 2.70. The monoisotopic (exact) mass is 313 g/mol. The second-order valence-corrected chi connectivity index (χ2v) is 5.09. The maximum absolute atomic E-state index is 5.94. The molecule has 1 aromatic heterocycles. The molecule has 0 saturated heterocycles. The van der Waals surface area contributed by atoms with Crippen molar-refractivity contribution in [2.75, 3.05) is 7.05 Å². The van der Waals surface area contributed by atoms with Crippen LogP contribution in [-0.2, 0) is 7.05 Å². The molecule has 1 aromatic carbocycles. The van der Waals surface area contributed by atoms with Crippen molar-refractivity contribution in [2.45, 2.75) is 6.04 Å². The average molecular weight is 315 g/mol. The predicted octanol–water partition coefficient (Wildman–Crippen LogP) is 3.14. The standard InChI is InChI=1S/C12H13BrClN3/c1-15-12(11-5-6-17(2)16-11)9-4-3-8(14)7-10(9)13/h3-7,12,15H,1-2H3. The molecule has 0 aliphatic rings. The third kappa shape index (κ3) is 2.70. The van der Waals surface area contributed by atoms with E-state index in [1.807, 2.05) is 44.6 Å². The van der Waals surface area contributed by atoms with Crippen molar-refractivity contribution in [3.8, 4) is 0 Å². The number of aromatic nitrogens is 2. The Hall–Kier alpha value is -0.840. The van der Waals surface area contributed by atoms with Gasteiger partial charge in [0.2, 0.25) is 0 Å². The molecular formula is C12H13BrClN3. The van der Waals surface area contributed by atoms with Crippen LogP contribution in [0, 0.1) is 0 Å². The van der Waals surface area contributed by atoms with Gasteiger partial charge in [-0.25, -0.2) is 0 Å². The van der Waals surface area contributed by atoms with E-state index in [-0.39, 0.29) is 6.04 Å². The van der Waals surface area contributed by atoms with Gasteiger partial charge in [0.15, 0.2) is 0 Å². The van der Waals surface area contributed by atoms with Crippen LogP contribution in [0.15, 0.2) is 34.9 Å². The molecule has 0 aliphatic heterocycles. The smallest absolute Gasteiger partial charge is 0.0839 e. The number of aryl methyl sites for hydroxylation is 1. The SMILES string of the molecule is CNC(c1ccn(C)n1)c1ccc(Cl)cc1Br. The Morgan fingerprint density at radius 2 is 2.18 bits per heavy atom. The largest absolute Gasteiger partial charge is 0.308 e. The quantitative estimate of drug-likeness (QED) is 0.943. The number of nitrogens with one attached hydrogen (secondary N) is 1. The second kappa shape index (κ2) is 5.21. The molecule has 0 bridgehead atoms. The number of rotatable bonds is 3. The summed E-state index contributed by atoms with van der Waals surface area (Å²) in [5.41, 5.74) is 2.11. The van der Waals surface area contributed by atoms with Crippen LogP contribution < -0.4 is 5.32 Å². The van der Waals surface area contributed by atoms with Gasteiger partial charge in [-0.2, -0.15) is 5.10 Å². The van der Waals surface area contributed by atoms with Crippen LogP contribution in [0.4, 0.5) is 0 Å². The van der Waals surface area contributed by atoms with E-state index >= 15 is 0 Å². The molecule has 17 heavy (non-hydrogen) atoms. The first kappa shape index (κ1) is 12.6. The van der Waals surface area contributed by atoms with Gasteiger partial charge in [-0.15, -0.1) is 0 Å². The molecule has 2 rings (SSSR count). The summed E-state index contributed by atoms with van der Waals surface area (Å²) >= 11 is 9.48. The second-order valence-electron chi connectivity index (χ2n) is 3.80. The van der Waals surface area contributed by atoms with Crippen LogP contribution >= 0.6 is 27.5 Å². The Balaban J connectivity index is 2.42. The Kier molecular flexibility index (Phi) is 3.86. The maximum Gasteiger partial charge on any atom is 0.0839 e. The molecule has 3 nitrogen and oxygen atoms in total. The summed E-state index contributed by atoms with van der Waals surface area (Å²) in [6.45, 7) is 0. The molecule has 0 spiro atoms. The first-order valence-electron chi connectivity index (χ1n) is 5.23. The van der Waals surface area contributed by atoms with E-state index in [0.717, 1.165) is 20.8 Å². The highest BCUT2D eigenvalue weighted by molar-refractivity contribution is 9.10. The van der Waals surface area contributed by atoms with Crippen molar-refractivity contribution in [3.63, 3.8) is 0 Å². The number of nitrogens with zero attached hydrogens (tertiary/aromatic N) is 2. The van der Waals surface area contributed by atoms with Crippen LogP contribution in [-0.4, -0.2) is 16.8 Å². The number of hydrogen-bond donors (Lipinski definition) is 1. The molecule has 0 fully saturated rings. The molecule has 5 heteroatoms. The van der Waals surface area contributed by atoms with Gasteiger partial charge in [0, 0.05) is 22.7 Å². The fraction of sp³-hybridized carbons (Fsp3) is 0.250. The first-order chi connectivity index (χ1) is 8.11. The van der Waals surface area contributed by atoms with Crippen molar-refractivity contribution in [1.82, 2.24) is 15.1 Å². The number of benzene rings is 1. The molecule has 2 aromatic rings. The molecular weight excluding hydrogens is 302 g/mol. The van der Waals surface area contributed by atoms with Gasteiger partial charge >= 0.3 is 0 Å². The molecule has 1 unspecified atom stereocenters. The normalized spacial score (nSPS) is 12.7. The highest BCUT2D eigenvalue weighted by Crippen LogP contribution is 2.29. The minimum atomic E-state index is 0.0582.